The summed E-state index contributed by atoms with van der Waals surface area (Å²) in [4.78, 5) is 24.2. The lowest BCUT2D eigenvalue weighted by atomic mass is 9.96. The van der Waals surface area contributed by atoms with Crippen LogP contribution in [0.5, 0.6) is 0 Å². The van der Waals surface area contributed by atoms with E-state index in [9.17, 15) is 4.79 Å². The highest BCUT2D eigenvalue weighted by molar-refractivity contribution is 5.99. The number of fused-ring (bicyclic) bond motifs is 1. The summed E-state index contributed by atoms with van der Waals surface area (Å²) in [6, 6.07) is 11.5. The molecule has 0 bridgehead atoms. The van der Waals surface area contributed by atoms with E-state index in [1.165, 1.54) is 0 Å². The molecule has 3 heterocycles. The zero-order valence-electron chi connectivity index (χ0n) is 14.3. The molecule has 0 saturated carbocycles. The van der Waals surface area contributed by atoms with Gasteiger partial charge in [-0.3, -0.25) is 4.98 Å². The van der Waals surface area contributed by atoms with E-state index in [0.717, 1.165) is 22.0 Å². The second-order valence-corrected chi connectivity index (χ2v) is 5.87. The normalized spacial score (nSPS) is 12.2. The molecule has 0 aliphatic carbocycles. The SMILES string of the molecule is CCOC(=O)c1[nH]c2ccccc2c1C(c1ccncc1)n1ccnc1. The Morgan fingerprint density at radius 2 is 1.96 bits per heavy atom. The van der Waals surface area contributed by atoms with Crippen molar-refractivity contribution in [3.05, 3.63) is 84.3 Å². The van der Waals surface area contributed by atoms with E-state index in [4.69, 9.17) is 4.74 Å². The maximum absolute atomic E-state index is 12.6. The number of carbonyl (C=O) groups excluding carboxylic acids is 1. The summed E-state index contributed by atoms with van der Waals surface area (Å²) in [5.74, 6) is -0.363. The number of aromatic nitrogens is 4. The number of para-hydroxylation sites is 1. The molecule has 0 amide bonds. The number of hydrogen-bond donors (Lipinski definition) is 1. The third kappa shape index (κ3) is 2.75. The maximum atomic E-state index is 12.6. The molecule has 6 heteroatoms. The smallest absolute Gasteiger partial charge is 0.355 e. The highest BCUT2D eigenvalue weighted by atomic mass is 16.5. The molecule has 0 fully saturated rings. The molecule has 1 unspecified atom stereocenters. The largest absolute Gasteiger partial charge is 0.461 e. The van der Waals surface area contributed by atoms with E-state index in [1.54, 1.807) is 31.8 Å². The zero-order chi connectivity index (χ0) is 17.9. The Morgan fingerprint density at radius 3 is 2.69 bits per heavy atom. The predicted octanol–water partition coefficient (Wildman–Crippen LogP) is 3.57. The van der Waals surface area contributed by atoms with Crippen LogP contribution in [0.3, 0.4) is 0 Å². The van der Waals surface area contributed by atoms with Gasteiger partial charge in [-0.15, -0.1) is 0 Å². The number of aromatic amines is 1. The lowest BCUT2D eigenvalue weighted by Gasteiger charge is -2.20. The quantitative estimate of drug-likeness (QED) is 0.561. The van der Waals surface area contributed by atoms with Crippen molar-refractivity contribution >= 4 is 16.9 Å². The number of benzene rings is 1. The summed E-state index contributed by atoms with van der Waals surface area (Å²) >= 11 is 0. The molecule has 26 heavy (non-hydrogen) atoms. The molecule has 1 aromatic carbocycles. The molecule has 130 valence electrons. The molecule has 0 aliphatic rings. The lowest BCUT2D eigenvalue weighted by Crippen LogP contribution is -2.16. The molecule has 0 radical (unpaired) electrons. The third-order valence-electron chi connectivity index (χ3n) is 4.34. The summed E-state index contributed by atoms with van der Waals surface area (Å²) in [5.41, 5.74) is 3.23. The van der Waals surface area contributed by atoms with Gasteiger partial charge in [0.2, 0.25) is 0 Å². The van der Waals surface area contributed by atoms with Crippen LogP contribution in [-0.4, -0.2) is 32.1 Å². The van der Waals surface area contributed by atoms with Crippen LogP contribution >= 0.6 is 0 Å². The molecule has 4 aromatic rings. The summed E-state index contributed by atoms with van der Waals surface area (Å²) in [7, 11) is 0. The first-order chi connectivity index (χ1) is 12.8. The van der Waals surface area contributed by atoms with Crippen LogP contribution in [0.25, 0.3) is 10.9 Å². The Morgan fingerprint density at radius 1 is 1.15 bits per heavy atom. The molecule has 0 saturated heterocycles. The fraction of sp³-hybridized carbons (Fsp3) is 0.150. The van der Waals surface area contributed by atoms with Gasteiger partial charge in [0.05, 0.1) is 19.0 Å². The molecule has 0 spiro atoms. The average Bonchev–Trinajstić information content (AvgIpc) is 3.32. The summed E-state index contributed by atoms with van der Waals surface area (Å²) in [6.45, 7) is 2.12. The average molecular weight is 346 g/mol. The first-order valence-corrected chi connectivity index (χ1v) is 8.44. The number of pyridine rings is 1. The molecule has 1 N–H and O–H groups in total. The van der Waals surface area contributed by atoms with E-state index in [1.807, 2.05) is 47.2 Å². The van der Waals surface area contributed by atoms with Crippen LogP contribution in [0.1, 0.15) is 34.6 Å². The van der Waals surface area contributed by atoms with Crippen molar-refractivity contribution in [1.82, 2.24) is 19.5 Å². The van der Waals surface area contributed by atoms with Crippen LogP contribution < -0.4 is 0 Å². The van der Waals surface area contributed by atoms with Crippen molar-refractivity contribution in [3.63, 3.8) is 0 Å². The minimum Gasteiger partial charge on any atom is -0.461 e. The van der Waals surface area contributed by atoms with Crippen molar-refractivity contribution in [1.29, 1.82) is 0 Å². The van der Waals surface area contributed by atoms with Gasteiger partial charge in [-0.2, -0.15) is 0 Å². The highest BCUT2D eigenvalue weighted by Gasteiger charge is 2.27. The lowest BCUT2D eigenvalue weighted by molar-refractivity contribution is 0.0519. The highest BCUT2D eigenvalue weighted by Crippen LogP contribution is 2.35. The molecule has 0 aliphatic heterocycles. The molecular weight excluding hydrogens is 328 g/mol. The van der Waals surface area contributed by atoms with E-state index in [2.05, 4.69) is 15.0 Å². The number of ether oxygens (including phenoxy) is 1. The number of rotatable bonds is 5. The Kier molecular flexibility index (Phi) is 4.23. The zero-order valence-corrected chi connectivity index (χ0v) is 14.3. The van der Waals surface area contributed by atoms with Gasteiger partial charge in [0.15, 0.2) is 0 Å². The minimum atomic E-state index is -0.363. The van der Waals surface area contributed by atoms with Gasteiger partial charge in [0.25, 0.3) is 0 Å². The van der Waals surface area contributed by atoms with Crippen LogP contribution in [0.4, 0.5) is 0 Å². The number of hydrogen-bond acceptors (Lipinski definition) is 4. The van der Waals surface area contributed by atoms with Crippen LogP contribution in [-0.2, 0) is 4.74 Å². The topological polar surface area (TPSA) is 72.8 Å². The van der Waals surface area contributed by atoms with E-state index in [0.29, 0.717) is 12.3 Å². The number of imidazole rings is 1. The fourth-order valence-corrected chi connectivity index (χ4v) is 3.27. The number of esters is 1. The fourth-order valence-electron chi connectivity index (χ4n) is 3.27. The van der Waals surface area contributed by atoms with Gasteiger partial charge in [-0.25, -0.2) is 9.78 Å². The van der Waals surface area contributed by atoms with E-state index in [-0.39, 0.29) is 12.0 Å². The summed E-state index contributed by atoms with van der Waals surface area (Å²) < 4.78 is 7.27. The second kappa shape index (κ2) is 6.84. The van der Waals surface area contributed by atoms with Crippen LogP contribution in [0.15, 0.2) is 67.5 Å². The van der Waals surface area contributed by atoms with E-state index >= 15 is 0 Å². The standard InChI is InChI=1S/C20H18N4O2/c1-2-26-20(25)18-17(15-5-3-4-6-16(15)23-18)19(24-12-11-22-13-24)14-7-9-21-10-8-14/h3-13,19,23H,2H2,1H3. The first kappa shape index (κ1) is 16.1. The number of nitrogens with zero attached hydrogens (tertiary/aromatic N) is 3. The Bertz CT molecular complexity index is 1020. The van der Waals surface area contributed by atoms with Crippen molar-refractivity contribution in [3.8, 4) is 0 Å². The number of carbonyl (C=O) groups is 1. The molecular formula is C20H18N4O2. The molecule has 3 aromatic heterocycles. The van der Waals surface area contributed by atoms with Crippen molar-refractivity contribution in [2.45, 2.75) is 13.0 Å². The van der Waals surface area contributed by atoms with Gasteiger partial charge in [0.1, 0.15) is 5.69 Å². The van der Waals surface area contributed by atoms with Gasteiger partial charge in [-0.1, -0.05) is 18.2 Å². The van der Waals surface area contributed by atoms with Crippen molar-refractivity contribution < 1.29 is 9.53 Å². The molecule has 6 nitrogen and oxygen atoms in total. The second-order valence-electron chi connectivity index (χ2n) is 5.87. The summed E-state index contributed by atoms with van der Waals surface area (Å²) in [5, 5.41) is 0.978. The van der Waals surface area contributed by atoms with Crippen molar-refractivity contribution in [2.24, 2.45) is 0 Å². The molecule has 4 rings (SSSR count). The minimum absolute atomic E-state index is 0.226. The summed E-state index contributed by atoms with van der Waals surface area (Å²) in [6.07, 6.45) is 8.87. The van der Waals surface area contributed by atoms with Gasteiger partial charge in [-0.05, 0) is 30.7 Å². The van der Waals surface area contributed by atoms with Gasteiger partial charge < -0.3 is 14.3 Å². The number of H-pyrrole nitrogens is 1. The van der Waals surface area contributed by atoms with E-state index < -0.39 is 0 Å². The molecule has 1 atom stereocenters. The Labute approximate surface area is 150 Å². The Balaban J connectivity index is 2.00. The first-order valence-electron chi connectivity index (χ1n) is 8.44. The third-order valence-corrected chi connectivity index (χ3v) is 4.34. The van der Waals surface area contributed by atoms with Gasteiger partial charge in [0, 0.05) is 41.3 Å². The Hall–Kier alpha value is -3.41. The monoisotopic (exact) mass is 346 g/mol. The van der Waals surface area contributed by atoms with Crippen LogP contribution in [0, 0.1) is 0 Å². The maximum Gasteiger partial charge on any atom is 0.355 e. The van der Waals surface area contributed by atoms with Crippen LogP contribution in [0.2, 0.25) is 0 Å². The predicted molar refractivity (Wildman–Crippen MR) is 98.0 cm³/mol. The van der Waals surface area contributed by atoms with Crippen molar-refractivity contribution in [2.75, 3.05) is 6.61 Å². The van der Waals surface area contributed by atoms with Gasteiger partial charge >= 0.3 is 5.97 Å². The number of nitrogens with one attached hydrogen (secondary N) is 1.